The maximum atomic E-state index is 11.7. The second-order valence-corrected chi connectivity index (χ2v) is 5.66. The lowest BCUT2D eigenvalue weighted by molar-refractivity contribution is 0.0951. The molecule has 1 heterocycles. The van der Waals surface area contributed by atoms with Gasteiger partial charge in [0.15, 0.2) is 0 Å². The van der Waals surface area contributed by atoms with E-state index in [9.17, 15) is 4.79 Å². The van der Waals surface area contributed by atoms with Gasteiger partial charge < -0.3 is 10.6 Å². The molecule has 0 aliphatic heterocycles. The van der Waals surface area contributed by atoms with Gasteiger partial charge in [0, 0.05) is 25.0 Å². The highest BCUT2D eigenvalue weighted by molar-refractivity contribution is 5.93. The van der Waals surface area contributed by atoms with Crippen LogP contribution in [0.2, 0.25) is 0 Å². The van der Waals surface area contributed by atoms with E-state index in [0.29, 0.717) is 23.6 Å². The number of rotatable bonds is 6. The number of hydrogen-bond acceptors (Lipinski definition) is 3. The Hall–Kier alpha value is -1.58. The number of aromatic nitrogens is 1. The molecule has 2 N–H and O–H groups in total. The molecule has 0 unspecified atom stereocenters. The second-order valence-electron chi connectivity index (χ2n) is 5.66. The molecule has 104 valence electrons. The van der Waals surface area contributed by atoms with Crippen molar-refractivity contribution in [3.05, 3.63) is 24.0 Å². The number of carbonyl (C=O) groups excluding carboxylic acids is 1. The summed E-state index contributed by atoms with van der Waals surface area (Å²) in [5.74, 6) is 0.584. The first kappa shape index (κ1) is 13.8. The maximum Gasteiger partial charge on any atom is 0.269 e. The minimum absolute atomic E-state index is 0.115. The molecule has 0 aromatic carbocycles. The smallest absolute Gasteiger partial charge is 0.269 e. The minimum Gasteiger partial charge on any atom is -0.384 e. The molecule has 1 saturated carbocycles. The van der Waals surface area contributed by atoms with Crippen LogP contribution in [0.3, 0.4) is 0 Å². The van der Waals surface area contributed by atoms with Crippen LogP contribution in [-0.4, -0.2) is 24.0 Å². The lowest BCUT2D eigenvalue weighted by Gasteiger charge is -2.20. The minimum atomic E-state index is -0.115. The van der Waals surface area contributed by atoms with Gasteiger partial charge in [0.25, 0.3) is 5.91 Å². The second kappa shape index (κ2) is 5.59. The fourth-order valence-electron chi connectivity index (χ4n) is 2.31. The zero-order valence-electron chi connectivity index (χ0n) is 12.0. The van der Waals surface area contributed by atoms with Crippen molar-refractivity contribution >= 4 is 11.6 Å². The molecule has 2 rings (SSSR count). The van der Waals surface area contributed by atoms with E-state index >= 15 is 0 Å². The summed E-state index contributed by atoms with van der Waals surface area (Å²) in [6.45, 7) is 8.06. The van der Waals surface area contributed by atoms with Gasteiger partial charge in [0.2, 0.25) is 0 Å². The summed E-state index contributed by atoms with van der Waals surface area (Å²) in [6.07, 6.45) is 4.28. The molecular formula is C15H23N3O. The van der Waals surface area contributed by atoms with E-state index < -0.39 is 0 Å². The van der Waals surface area contributed by atoms with Crippen LogP contribution in [0.4, 0.5) is 5.69 Å². The van der Waals surface area contributed by atoms with E-state index in [1.54, 1.807) is 6.20 Å². The van der Waals surface area contributed by atoms with Crippen molar-refractivity contribution in [1.82, 2.24) is 10.3 Å². The van der Waals surface area contributed by atoms with Crippen LogP contribution in [0.1, 0.15) is 44.1 Å². The van der Waals surface area contributed by atoms with Crippen LogP contribution >= 0.6 is 0 Å². The predicted molar refractivity (Wildman–Crippen MR) is 77.2 cm³/mol. The molecule has 0 spiro atoms. The summed E-state index contributed by atoms with van der Waals surface area (Å²) in [5, 5.41) is 6.21. The van der Waals surface area contributed by atoms with E-state index in [1.165, 1.54) is 12.8 Å². The summed E-state index contributed by atoms with van der Waals surface area (Å²) in [6, 6.07) is 3.74. The highest BCUT2D eigenvalue weighted by Crippen LogP contribution is 2.51. The van der Waals surface area contributed by atoms with E-state index in [-0.39, 0.29) is 5.91 Å². The monoisotopic (exact) mass is 261 g/mol. The van der Waals surface area contributed by atoms with Crippen LogP contribution in [0.25, 0.3) is 0 Å². The molecule has 19 heavy (non-hydrogen) atoms. The summed E-state index contributed by atoms with van der Waals surface area (Å²) < 4.78 is 0. The first-order chi connectivity index (χ1) is 9.07. The van der Waals surface area contributed by atoms with Gasteiger partial charge in [0.1, 0.15) is 5.69 Å². The largest absolute Gasteiger partial charge is 0.384 e. The van der Waals surface area contributed by atoms with Gasteiger partial charge in [-0.15, -0.1) is 0 Å². The quantitative estimate of drug-likeness (QED) is 0.827. The summed E-state index contributed by atoms with van der Waals surface area (Å²) in [4.78, 5) is 15.8. The third-order valence-corrected chi connectivity index (χ3v) is 4.09. The lowest BCUT2D eigenvalue weighted by atomic mass is 9.92. The van der Waals surface area contributed by atoms with E-state index in [0.717, 1.165) is 12.2 Å². The number of nitrogens with one attached hydrogen (secondary N) is 2. The van der Waals surface area contributed by atoms with Gasteiger partial charge >= 0.3 is 0 Å². The highest BCUT2D eigenvalue weighted by Gasteiger charge is 2.44. The van der Waals surface area contributed by atoms with Gasteiger partial charge in [-0.25, -0.2) is 0 Å². The first-order valence-electron chi connectivity index (χ1n) is 7.05. The third kappa shape index (κ3) is 3.25. The van der Waals surface area contributed by atoms with E-state index in [4.69, 9.17) is 0 Å². The van der Waals surface area contributed by atoms with Crippen molar-refractivity contribution in [2.45, 2.75) is 33.6 Å². The van der Waals surface area contributed by atoms with E-state index in [1.807, 2.05) is 19.1 Å². The van der Waals surface area contributed by atoms with E-state index in [2.05, 4.69) is 29.5 Å². The Kier molecular flexibility index (Phi) is 4.08. The molecular weight excluding hydrogens is 238 g/mol. The first-order valence-corrected chi connectivity index (χ1v) is 7.05. The Bertz CT molecular complexity index is 452. The average Bonchev–Trinajstić information content (AvgIpc) is 3.18. The normalized spacial score (nSPS) is 16.2. The third-order valence-electron chi connectivity index (χ3n) is 4.09. The van der Waals surface area contributed by atoms with Crippen molar-refractivity contribution < 1.29 is 4.79 Å². The Morgan fingerprint density at radius 2 is 2.21 bits per heavy atom. The van der Waals surface area contributed by atoms with Crippen LogP contribution in [0.5, 0.6) is 0 Å². The van der Waals surface area contributed by atoms with Crippen LogP contribution in [-0.2, 0) is 0 Å². The fraction of sp³-hybridized carbons (Fsp3) is 0.600. The van der Waals surface area contributed by atoms with Crippen molar-refractivity contribution in [2.24, 2.45) is 11.3 Å². The summed E-state index contributed by atoms with van der Waals surface area (Å²) in [7, 11) is 0. The number of carbonyl (C=O) groups is 1. The number of nitrogens with zero attached hydrogens (tertiary/aromatic N) is 1. The topological polar surface area (TPSA) is 54.0 Å². The van der Waals surface area contributed by atoms with Crippen molar-refractivity contribution in [3.8, 4) is 0 Å². The average molecular weight is 261 g/mol. The molecule has 1 fully saturated rings. The molecule has 0 saturated heterocycles. The molecule has 1 amide bonds. The standard InChI is InChI=1S/C15H23N3O/c1-4-16-14(19)13-9-12(5-8-17-13)18-10-15(6-7-15)11(2)3/h5,8-9,11H,4,6-7,10H2,1-3H3,(H,16,19)(H,17,18). The number of hydrogen-bond donors (Lipinski definition) is 2. The number of anilines is 1. The van der Waals surface area contributed by atoms with Crippen molar-refractivity contribution in [2.75, 3.05) is 18.4 Å². The number of pyridine rings is 1. The van der Waals surface area contributed by atoms with Crippen molar-refractivity contribution in [3.63, 3.8) is 0 Å². The summed E-state index contributed by atoms with van der Waals surface area (Å²) >= 11 is 0. The van der Waals surface area contributed by atoms with Gasteiger partial charge in [-0.3, -0.25) is 9.78 Å². The molecule has 1 aliphatic carbocycles. The van der Waals surface area contributed by atoms with Gasteiger partial charge in [-0.05, 0) is 43.2 Å². The molecule has 1 aromatic rings. The van der Waals surface area contributed by atoms with Crippen LogP contribution in [0.15, 0.2) is 18.3 Å². The Morgan fingerprint density at radius 1 is 1.47 bits per heavy atom. The zero-order chi connectivity index (χ0) is 13.9. The molecule has 0 atom stereocenters. The molecule has 1 aromatic heterocycles. The molecule has 0 radical (unpaired) electrons. The Morgan fingerprint density at radius 3 is 2.79 bits per heavy atom. The SMILES string of the molecule is CCNC(=O)c1cc(NCC2(C(C)C)CC2)ccn1. The van der Waals surface area contributed by atoms with Crippen LogP contribution < -0.4 is 10.6 Å². The fourth-order valence-corrected chi connectivity index (χ4v) is 2.31. The molecule has 4 heteroatoms. The molecule has 0 bridgehead atoms. The predicted octanol–water partition coefficient (Wildman–Crippen LogP) is 2.68. The van der Waals surface area contributed by atoms with Gasteiger partial charge in [-0.1, -0.05) is 13.8 Å². The maximum absolute atomic E-state index is 11.7. The Balaban J connectivity index is 1.98. The lowest BCUT2D eigenvalue weighted by Crippen LogP contribution is -2.24. The van der Waals surface area contributed by atoms with Crippen LogP contribution in [0, 0.1) is 11.3 Å². The Labute approximate surface area is 115 Å². The molecule has 4 nitrogen and oxygen atoms in total. The van der Waals surface area contributed by atoms with Gasteiger partial charge in [0.05, 0.1) is 0 Å². The summed E-state index contributed by atoms with van der Waals surface area (Å²) in [5.41, 5.74) is 1.90. The highest BCUT2D eigenvalue weighted by atomic mass is 16.1. The molecule has 1 aliphatic rings. The van der Waals surface area contributed by atoms with Crippen molar-refractivity contribution in [1.29, 1.82) is 0 Å². The zero-order valence-corrected chi connectivity index (χ0v) is 12.0. The number of amides is 1. The van der Waals surface area contributed by atoms with Gasteiger partial charge in [-0.2, -0.15) is 0 Å².